The van der Waals surface area contributed by atoms with Crippen molar-refractivity contribution in [3.8, 4) is 0 Å². The first-order chi connectivity index (χ1) is 9.35. The lowest BCUT2D eigenvalue weighted by Crippen LogP contribution is -2.81. The van der Waals surface area contributed by atoms with Crippen molar-refractivity contribution in [1.82, 2.24) is 14.7 Å². The molecule has 3 aliphatic rings. The van der Waals surface area contributed by atoms with Gasteiger partial charge in [0.2, 0.25) is 5.91 Å². The lowest BCUT2D eigenvalue weighted by molar-refractivity contribution is -0.178. The van der Waals surface area contributed by atoms with Crippen molar-refractivity contribution in [2.45, 2.75) is 38.0 Å². The van der Waals surface area contributed by atoms with Crippen molar-refractivity contribution in [2.24, 2.45) is 5.92 Å². The Bertz CT molecular complexity index is 445. The number of carbonyl (C=O) groups is 2. The molecular weight excluding hydrogens is 258 g/mol. The van der Waals surface area contributed by atoms with E-state index in [1.54, 1.807) is 7.05 Å². The first-order valence-corrected chi connectivity index (χ1v) is 7.34. The minimum atomic E-state index is -0.584. The van der Waals surface area contributed by atoms with Crippen molar-refractivity contribution in [1.29, 1.82) is 0 Å². The Morgan fingerprint density at radius 2 is 2.00 bits per heavy atom. The molecule has 2 atom stereocenters. The molecule has 0 aromatic rings. The van der Waals surface area contributed by atoms with Crippen LogP contribution in [0.4, 0.5) is 0 Å². The van der Waals surface area contributed by atoms with Crippen LogP contribution in [0.15, 0.2) is 0 Å². The molecule has 0 unspecified atom stereocenters. The number of imide groups is 1. The highest BCUT2D eigenvalue weighted by Crippen LogP contribution is 2.39. The molecule has 0 aliphatic carbocycles. The van der Waals surface area contributed by atoms with Gasteiger partial charge in [-0.05, 0) is 12.3 Å². The quantitative estimate of drug-likeness (QED) is 0.667. The van der Waals surface area contributed by atoms with E-state index in [2.05, 4.69) is 18.7 Å². The highest BCUT2D eigenvalue weighted by Gasteiger charge is 2.63. The molecule has 1 N–H and O–H groups in total. The zero-order valence-corrected chi connectivity index (χ0v) is 12.4. The summed E-state index contributed by atoms with van der Waals surface area (Å²) in [7, 11) is 1.57. The molecule has 3 rings (SSSR count). The number of β-amino-alcohol motifs (C(OH)–C–C–N with tert-alkyl or cyclic N) is 1. The van der Waals surface area contributed by atoms with Gasteiger partial charge in [0.15, 0.2) is 0 Å². The van der Waals surface area contributed by atoms with Gasteiger partial charge in [-0.15, -0.1) is 0 Å². The topological polar surface area (TPSA) is 64.1 Å². The van der Waals surface area contributed by atoms with Crippen LogP contribution in [0.25, 0.3) is 0 Å². The van der Waals surface area contributed by atoms with Crippen molar-refractivity contribution in [3.05, 3.63) is 0 Å². The molecule has 2 amide bonds. The van der Waals surface area contributed by atoms with Crippen LogP contribution < -0.4 is 0 Å². The van der Waals surface area contributed by atoms with Crippen LogP contribution in [0.1, 0.15) is 20.3 Å². The number of nitrogens with zero attached hydrogens (tertiary/aromatic N) is 3. The second-order valence-electron chi connectivity index (χ2n) is 6.86. The van der Waals surface area contributed by atoms with Crippen LogP contribution in [0.2, 0.25) is 0 Å². The lowest BCUT2D eigenvalue weighted by atomic mass is 9.82. The van der Waals surface area contributed by atoms with E-state index in [1.807, 2.05) is 4.90 Å². The summed E-state index contributed by atoms with van der Waals surface area (Å²) in [4.78, 5) is 30.2. The molecule has 0 radical (unpaired) electrons. The number of likely N-dealkylation sites (tertiary alicyclic amines) is 1. The third kappa shape index (κ3) is 1.82. The molecule has 3 aliphatic heterocycles. The smallest absolute Gasteiger partial charge is 0.252 e. The summed E-state index contributed by atoms with van der Waals surface area (Å²) < 4.78 is 0. The van der Waals surface area contributed by atoms with Gasteiger partial charge in [-0.25, -0.2) is 0 Å². The molecule has 6 nitrogen and oxygen atoms in total. The molecule has 3 heterocycles. The predicted octanol–water partition coefficient (Wildman–Crippen LogP) is -0.869. The Hall–Kier alpha value is -0.980. The van der Waals surface area contributed by atoms with Crippen molar-refractivity contribution < 1.29 is 14.7 Å². The Balaban J connectivity index is 1.83. The SMILES string of the molecule is CC(C)CN1CC2(C1)C(=O)N(C)C(=O)[C@@H]1C[C@@H](O)CN12. The Labute approximate surface area is 119 Å². The number of hydrogen-bond donors (Lipinski definition) is 1. The Morgan fingerprint density at radius 1 is 1.35 bits per heavy atom. The highest BCUT2D eigenvalue weighted by molar-refractivity contribution is 6.05. The van der Waals surface area contributed by atoms with Crippen molar-refractivity contribution in [3.63, 3.8) is 0 Å². The van der Waals surface area contributed by atoms with Gasteiger partial charge in [-0.3, -0.25) is 24.3 Å². The normalized spacial score (nSPS) is 34.0. The molecule has 6 heteroatoms. The highest BCUT2D eigenvalue weighted by atomic mass is 16.3. The van der Waals surface area contributed by atoms with Gasteiger partial charge in [0, 0.05) is 33.2 Å². The molecule has 20 heavy (non-hydrogen) atoms. The van der Waals surface area contributed by atoms with Gasteiger partial charge in [-0.1, -0.05) is 13.8 Å². The molecule has 3 fully saturated rings. The fourth-order valence-corrected chi connectivity index (χ4v) is 3.94. The van der Waals surface area contributed by atoms with E-state index < -0.39 is 11.6 Å². The summed E-state index contributed by atoms with van der Waals surface area (Å²) in [6.45, 7) is 7.06. The number of piperazine rings is 1. The van der Waals surface area contributed by atoms with E-state index in [0.717, 1.165) is 6.54 Å². The molecule has 3 saturated heterocycles. The molecule has 0 aromatic heterocycles. The summed E-state index contributed by atoms with van der Waals surface area (Å²) in [5.41, 5.74) is -0.584. The molecular formula is C14H23N3O3. The van der Waals surface area contributed by atoms with Gasteiger partial charge in [0.1, 0.15) is 5.54 Å². The van der Waals surface area contributed by atoms with Crippen LogP contribution in [0.5, 0.6) is 0 Å². The van der Waals surface area contributed by atoms with E-state index in [9.17, 15) is 14.7 Å². The van der Waals surface area contributed by atoms with Crippen molar-refractivity contribution >= 4 is 11.8 Å². The van der Waals surface area contributed by atoms with E-state index in [4.69, 9.17) is 0 Å². The van der Waals surface area contributed by atoms with Gasteiger partial charge in [0.25, 0.3) is 5.91 Å². The number of amides is 2. The summed E-state index contributed by atoms with van der Waals surface area (Å²) in [5.74, 6) is 0.290. The van der Waals surface area contributed by atoms with Crippen LogP contribution in [0.3, 0.4) is 0 Å². The molecule has 0 saturated carbocycles. The van der Waals surface area contributed by atoms with Crippen LogP contribution in [-0.4, -0.2) is 82.5 Å². The number of rotatable bonds is 2. The molecule has 1 spiro atoms. The number of likely N-dealkylation sites (N-methyl/N-ethyl adjacent to an activating group) is 1. The van der Waals surface area contributed by atoms with Gasteiger partial charge in [0.05, 0.1) is 12.1 Å². The zero-order valence-electron chi connectivity index (χ0n) is 12.4. The lowest BCUT2D eigenvalue weighted by Gasteiger charge is -2.58. The Kier molecular flexibility index (Phi) is 3.15. The summed E-state index contributed by atoms with van der Waals surface area (Å²) in [6.07, 6.45) is -0.0539. The first-order valence-electron chi connectivity index (χ1n) is 7.34. The van der Waals surface area contributed by atoms with Gasteiger partial charge < -0.3 is 5.11 Å². The number of aliphatic hydroxyl groups excluding tert-OH is 1. The number of aliphatic hydroxyl groups is 1. The number of fused-ring (bicyclic) bond motifs is 2. The van der Waals surface area contributed by atoms with E-state index >= 15 is 0 Å². The zero-order chi connectivity index (χ0) is 14.7. The number of hydrogen-bond acceptors (Lipinski definition) is 5. The predicted molar refractivity (Wildman–Crippen MR) is 72.9 cm³/mol. The summed E-state index contributed by atoms with van der Waals surface area (Å²) in [5, 5.41) is 9.88. The van der Waals surface area contributed by atoms with Gasteiger partial charge in [-0.2, -0.15) is 0 Å². The average molecular weight is 281 g/mol. The maximum atomic E-state index is 12.6. The average Bonchev–Trinajstić information content (AvgIpc) is 2.71. The van der Waals surface area contributed by atoms with Crippen LogP contribution in [-0.2, 0) is 9.59 Å². The monoisotopic (exact) mass is 281 g/mol. The second-order valence-corrected chi connectivity index (χ2v) is 6.86. The van der Waals surface area contributed by atoms with Gasteiger partial charge >= 0.3 is 0 Å². The molecule has 0 bridgehead atoms. The van der Waals surface area contributed by atoms with Crippen LogP contribution >= 0.6 is 0 Å². The fourth-order valence-electron chi connectivity index (χ4n) is 3.94. The van der Waals surface area contributed by atoms with E-state index in [1.165, 1.54) is 4.90 Å². The Morgan fingerprint density at radius 3 is 2.60 bits per heavy atom. The summed E-state index contributed by atoms with van der Waals surface area (Å²) >= 11 is 0. The van der Waals surface area contributed by atoms with Crippen LogP contribution in [0, 0.1) is 5.92 Å². The van der Waals surface area contributed by atoms with E-state index in [0.29, 0.717) is 32.0 Å². The largest absolute Gasteiger partial charge is 0.392 e. The first kappa shape index (κ1) is 14.0. The molecule has 0 aromatic carbocycles. The summed E-state index contributed by atoms with van der Waals surface area (Å²) in [6, 6.07) is -0.325. The maximum Gasteiger partial charge on any atom is 0.252 e. The molecule has 112 valence electrons. The standard InChI is InChI=1S/C14H23N3O3/c1-9(2)5-16-7-14(8-16)13(20)15(3)12(19)11-4-10(18)6-17(11)14/h9-11,18H,4-8H2,1-3H3/t10-,11+/m1/s1. The number of carbonyl (C=O) groups excluding carboxylic acids is 2. The minimum absolute atomic E-state index is 0.104. The third-order valence-electron chi connectivity index (χ3n) is 4.74. The van der Waals surface area contributed by atoms with Crippen molar-refractivity contribution in [2.75, 3.05) is 33.2 Å². The maximum absolute atomic E-state index is 12.6. The fraction of sp³-hybridized carbons (Fsp3) is 0.857. The minimum Gasteiger partial charge on any atom is -0.392 e. The van der Waals surface area contributed by atoms with E-state index in [-0.39, 0.29) is 17.9 Å². The second kappa shape index (κ2) is 4.51. The third-order valence-corrected chi connectivity index (χ3v) is 4.74.